The Labute approximate surface area is 218 Å². The van der Waals surface area contributed by atoms with E-state index in [1.54, 1.807) is 30.3 Å². The fourth-order valence-electron chi connectivity index (χ4n) is 4.83. The largest absolute Gasteiger partial charge is 0.490 e. The second-order valence-electron chi connectivity index (χ2n) is 9.65. The first-order chi connectivity index (χ1) is 18.0. The first-order valence-corrected chi connectivity index (χ1v) is 13.3. The van der Waals surface area contributed by atoms with Gasteiger partial charge < -0.3 is 9.47 Å². The minimum Gasteiger partial charge on any atom is -0.490 e. The summed E-state index contributed by atoms with van der Waals surface area (Å²) in [4.78, 5) is 0. The van der Waals surface area contributed by atoms with Gasteiger partial charge in [0.05, 0.1) is 19.3 Å². The Hall–Kier alpha value is -3.05. The van der Waals surface area contributed by atoms with Crippen molar-refractivity contribution in [2.24, 2.45) is 5.92 Å². The van der Waals surface area contributed by atoms with Gasteiger partial charge >= 0.3 is 0 Å². The standard InChI is InChI=1S/C32H35F3O2/c1-3-5-6-7-19-36-30-18-16-26(31(34)32(30)35)24-12-10-23(11-13-24)25-14-15-27(28(33)20-25)29-17-9-22(8-4-2)21-37-29/h4,8,10-16,18,20,22,29H,3,5-7,9,17,19,21H2,1-2H3/b8-4+. The maximum absolute atomic E-state index is 15.0. The minimum atomic E-state index is -0.975. The van der Waals surface area contributed by atoms with Crippen LogP contribution in [0.5, 0.6) is 5.75 Å². The van der Waals surface area contributed by atoms with Crippen LogP contribution in [0.2, 0.25) is 0 Å². The summed E-state index contributed by atoms with van der Waals surface area (Å²) in [7, 11) is 0. The lowest BCUT2D eigenvalue weighted by Gasteiger charge is -2.28. The highest BCUT2D eigenvalue weighted by molar-refractivity contribution is 5.71. The molecule has 1 aliphatic rings. The summed E-state index contributed by atoms with van der Waals surface area (Å²) in [6.45, 7) is 5.07. The Morgan fingerprint density at radius 2 is 1.62 bits per heavy atom. The number of ether oxygens (including phenoxy) is 2. The number of hydrogen-bond acceptors (Lipinski definition) is 2. The molecule has 3 aromatic carbocycles. The lowest BCUT2D eigenvalue weighted by Crippen LogP contribution is -2.20. The Bertz CT molecular complexity index is 1200. The summed E-state index contributed by atoms with van der Waals surface area (Å²) >= 11 is 0. The number of unbranched alkanes of at least 4 members (excludes halogenated alkanes) is 3. The number of rotatable bonds is 10. The highest BCUT2D eigenvalue weighted by Crippen LogP contribution is 2.35. The van der Waals surface area contributed by atoms with Crippen molar-refractivity contribution in [3.05, 3.63) is 89.8 Å². The van der Waals surface area contributed by atoms with Gasteiger partial charge in [-0.15, -0.1) is 0 Å². The van der Waals surface area contributed by atoms with E-state index < -0.39 is 11.6 Å². The van der Waals surface area contributed by atoms with Crippen LogP contribution in [-0.4, -0.2) is 13.2 Å². The molecule has 1 heterocycles. The molecule has 0 aromatic heterocycles. The van der Waals surface area contributed by atoms with Crippen molar-refractivity contribution in [2.45, 2.75) is 58.5 Å². The molecule has 0 amide bonds. The van der Waals surface area contributed by atoms with E-state index in [0.29, 0.717) is 35.8 Å². The first-order valence-electron chi connectivity index (χ1n) is 13.3. The van der Waals surface area contributed by atoms with Gasteiger partial charge in [0.25, 0.3) is 0 Å². The van der Waals surface area contributed by atoms with Gasteiger partial charge in [0.1, 0.15) is 5.82 Å². The van der Waals surface area contributed by atoms with Crippen LogP contribution in [0.1, 0.15) is 64.0 Å². The molecule has 0 aliphatic carbocycles. The molecule has 2 atom stereocenters. The lowest BCUT2D eigenvalue weighted by molar-refractivity contribution is -0.00711. The Balaban J connectivity index is 1.44. The van der Waals surface area contributed by atoms with E-state index in [-0.39, 0.29) is 23.2 Å². The average Bonchev–Trinajstić information content (AvgIpc) is 2.92. The van der Waals surface area contributed by atoms with Gasteiger partial charge in [-0.1, -0.05) is 74.7 Å². The van der Waals surface area contributed by atoms with Crippen LogP contribution in [-0.2, 0) is 4.74 Å². The number of benzene rings is 3. The molecular weight excluding hydrogens is 473 g/mol. The van der Waals surface area contributed by atoms with Crippen LogP contribution < -0.4 is 4.74 Å². The number of hydrogen-bond donors (Lipinski definition) is 0. The van der Waals surface area contributed by atoms with Crippen LogP contribution >= 0.6 is 0 Å². The highest BCUT2D eigenvalue weighted by Gasteiger charge is 2.24. The number of halogens is 3. The summed E-state index contributed by atoms with van der Waals surface area (Å²) in [5, 5.41) is 0. The molecule has 5 heteroatoms. The molecular formula is C32H35F3O2. The average molecular weight is 509 g/mol. The van der Waals surface area contributed by atoms with E-state index in [4.69, 9.17) is 9.47 Å². The molecule has 0 bridgehead atoms. The zero-order valence-corrected chi connectivity index (χ0v) is 21.6. The van der Waals surface area contributed by atoms with E-state index in [1.807, 2.05) is 19.1 Å². The maximum Gasteiger partial charge on any atom is 0.201 e. The van der Waals surface area contributed by atoms with Crippen LogP contribution in [0.4, 0.5) is 13.2 Å². The third-order valence-electron chi connectivity index (χ3n) is 6.95. The van der Waals surface area contributed by atoms with Gasteiger partial charge in [0, 0.05) is 17.0 Å². The molecule has 1 saturated heterocycles. The van der Waals surface area contributed by atoms with Crippen LogP contribution in [0, 0.1) is 23.4 Å². The maximum atomic E-state index is 15.0. The quantitative estimate of drug-likeness (QED) is 0.201. The predicted molar refractivity (Wildman–Crippen MR) is 143 cm³/mol. The summed E-state index contributed by atoms with van der Waals surface area (Å²) in [6, 6.07) is 15.2. The second kappa shape index (κ2) is 13.0. The lowest BCUT2D eigenvalue weighted by atomic mass is 9.93. The Morgan fingerprint density at radius 1 is 0.865 bits per heavy atom. The molecule has 1 fully saturated rings. The molecule has 196 valence electrons. The summed E-state index contributed by atoms with van der Waals surface area (Å²) < 4.78 is 55.8. The normalized spacial score (nSPS) is 17.9. The Kier molecular flexibility index (Phi) is 9.45. The van der Waals surface area contributed by atoms with Crippen molar-refractivity contribution in [3.8, 4) is 28.0 Å². The smallest absolute Gasteiger partial charge is 0.201 e. The van der Waals surface area contributed by atoms with E-state index in [0.717, 1.165) is 44.1 Å². The van der Waals surface area contributed by atoms with Crippen LogP contribution in [0.25, 0.3) is 22.3 Å². The molecule has 2 unspecified atom stereocenters. The van der Waals surface area contributed by atoms with E-state index in [1.165, 1.54) is 18.2 Å². The van der Waals surface area contributed by atoms with E-state index >= 15 is 0 Å². The summed E-state index contributed by atoms with van der Waals surface area (Å²) in [5.74, 6) is -1.88. The van der Waals surface area contributed by atoms with Crippen molar-refractivity contribution < 1.29 is 22.6 Å². The molecule has 0 radical (unpaired) electrons. The van der Waals surface area contributed by atoms with E-state index in [2.05, 4.69) is 13.0 Å². The zero-order chi connectivity index (χ0) is 26.2. The molecule has 0 spiro atoms. The Morgan fingerprint density at radius 3 is 2.30 bits per heavy atom. The van der Waals surface area contributed by atoms with Crippen molar-refractivity contribution >= 4 is 0 Å². The van der Waals surface area contributed by atoms with Crippen molar-refractivity contribution in [3.63, 3.8) is 0 Å². The van der Waals surface area contributed by atoms with Crippen LogP contribution in [0.15, 0.2) is 66.7 Å². The molecule has 0 saturated carbocycles. The second-order valence-corrected chi connectivity index (χ2v) is 9.65. The van der Waals surface area contributed by atoms with Gasteiger partial charge in [-0.3, -0.25) is 0 Å². The predicted octanol–water partition coefficient (Wildman–Crippen LogP) is 9.44. The molecule has 0 N–H and O–H groups in total. The fourth-order valence-corrected chi connectivity index (χ4v) is 4.83. The first kappa shape index (κ1) is 27.0. The topological polar surface area (TPSA) is 18.5 Å². The number of allylic oxidation sites excluding steroid dienone is 1. The minimum absolute atomic E-state index is 0.0655. The SMILES string of the molecule is C/C=C/C1CCC(c2ccc(-c3ccc(-c4ccc(OCCCCCC)c(F)c4F)cc3)cc2F)OC1. The van der Waals surface area contributed by atoms with Gasteiger partial charge in [0.2, 0.25) is 5.82 Å². The monoisotopic (exact) mass is 508 g/mol. The molecule has 3 aromatic rings. The summed E-state index contributed by atoms with van der Waals surface area (Å²) in [5.41, 5.74) is 2.78. The zero-order valence-electron chi connectivity index (χ0n) is 21.6. The fraction of sp³-hybridized carbons (Fsp3) is 0.375. The van der Waals surface area contributed by atoms with Gasteiger partial charge in [-0.25, -0.2) is 8.78 Å². The van der Waals surface area contributed by atoms with Crippen molar-refractivity contribution in [1.29, 1.82) is 0 Å². The third kappa shape index (κ3) is 6.64. The van der Waals surface area contributed by atoms with Gasteiger partial charge in [-0.05, 0) is 61.1 Å². The van der Waals surface area contributed by atoms with Crippen molar-refractivity contribution in [1.82, 2.24) is 0 Å². The van der Waals surface area contributed by atoms with Gasteiger partial charge in [0.15, 0.2) is 11.6 Å². The molecule has 1 aliphatic heterocycles. The van der Waals surface area contributed by atoms with E-state index in [9.17, 15) is 13.2 Å². The molecule has 2 nitrogen and oxygen atoms in total. The molecule has 4 rings (SSSR count). The van der Waals surface area contributed by atoms with Crippen molar-refractivity contribution in [2.75, 3.05) is 13.2 Å². The summed E-state index contributed by atoms with van der Waals surface area (Å²) in [6.07, 6.45) is 9.69. The highest BCUT2D eigenvalue weighted by atomic mass is 19.2. The molecule has 37 heavy (non-hydrogen) atoms. The van der Waals surface area contributed by atoms with Gasteiger partial charge in [-0.2, -0.15) is 4.39 Å². The van der Waals surface area contributed by atoms with Crippen LogP contribution in [0.3, 0.4) is 0 Å². The third-order valence-corrected chi connectivity index (χ3v) is 6.95.